The monoisotopic (exact) mass is 372 g/mol. The summed E-state index contributed by atoms with van der Waals surface area (Å²) in [6, 6.07) is 0. The summed E-state index contributed by atoms with van der Waals surface area (Å²) in [7, 11) is 0. The minimum atomic E-state index is 0.820. The van der Waals surface area contributed by atoms with Crippen LogP contribution < -0.4 is 10.6 Å². The second kappa shape index (κ2) is 11.1. The Morgan fingerprint density at radius 1 is 1.07 bits per heavy atom. The van der Waals surface area contributed by atoms with Crippen molar-refractivity contribution in [2.24, 2.45) is 4.99 Å². The standard InChI is InChI=1S/C21H36N6/c1-2-22-21(24-16-14-18-10-5-3-6-11-18)23-15-9-13-20-26-25-19-12-7-4-8-17-27(19)20/h10H,2-9,11-17H2,1H3,(H2,22,23,24). The summed E-state index contributed by atoms with van der Waals surface area (Å²) in [6.45, 7) is 5.88. The van der Waals surface area contributed by atoms with Crippen molar-refractivity contribution >= 4 is 5.96 Å². The van der Waals surface area contributed by atoms with Gasteiger partial charge in [-0.3, -0.25) is 4.99 Å². The average molecular weight is 373 g/mol. The highest BCUT2D eigenvalue weighted by Crippen LogP contribution is 2.19. The number of rotatable bonds is 8. The first-order valence-electron chi connectivity index (χ1n) is 11.0. The highest BCUT2D eigenvalue weighted by atomic mass is 15.3. The smallest absolute Gasteiger partial charge is 0.191 e. The molecule has 27 heavy (non-hydrogen) atoms. The maximum absolute atomic E-state index is 4.74. The Morgan fingerprint density at radius 2 is 2.00 bits per heavy atom. The first-order chi connectivity index (χ1) is 13.4. The van der Waals surface area contributed by atoms with Crippen LogP contribution in [0.3, 0.4) is 0 Å². The SMILES string of the molecule is CCNC(=NCCCc1nnc2n1CCCCC2)NCCC1=CCCCC1. The van der Waals surface area contributed by atoms with Crippen molar-refractivity contribution < 1.29 is 0 Å². The quantitative estimate of drug-likeness (QED) is 0.318. The molecule has 0 saturated heterocycles. The van der Waals surface area contributed by atoms with Crippen molar-refractivity contribution in [1.29, 1.82) is 0 Å². The first kappa shape index (κ1) is 19.9. The lowest BCUT2D eigenvalue weighted by molar-refractivity contribution is 0.597. The fourth-order valence-electron chi connectivity index (χ4n) is 3.97. The Balaban J connectivity index is 1.42. The van der Waals surface area contributed by atoms with Crippen LogP contribution in [0, 0.1) is 0 Å². The summed E-state index contributed by atoms with van der Waals surface area (Å²) >= 11 is 0. The van der Waals surface area contributed by atoms with Gasteiger partial charge in [-0.15, -0.1) is 10.2 Å². The molecule has 0 radical (unpaired) electrons. The van der Waals surface area contributed by atoms with E-state index in [1.165, 1.54) is 50.8 Å². The fourth-order valence-corrected chi connectivity index (χ4v) is 3.97. The molecule has 0 spiro atoms. The molecule has 1 aromatic rings. The van der Waals surface area contributed by atoms with E-state index in [2.05, 4.69) is 38.4 Å². The van der Waals surface area contributed by atoms with E-state index in [0.29, 0.717) is 0 Å². The molecule has 3 rings (SSSR count). The molecule has 6 heteroatoms. The molecule has 0 fully saturated rings. The predicted octanol–water partition coefficient (Wildman–Crippen LogP) is 3.38. The molecule has 6 nitrogen and oxygen atoms in total. The third-order valence-electron chi connectivity index (χ3n) is 5.48. The van der Waals surface area contributed by atoms with Gasteiger partial charge in [0.05, 0.1) is 0 Å². The molecule has 0 bridgehead atoms. The van der Waals surface area contributed by atoms with E-state index in [4.69, 9.17) is 4.99 Å². The summed E-state index contributed by atoms with van der Waals surface area (Å²) < 4.78 is 2.35. The molecule has 2 heterocycles. The molecule has 1 aliphatic carbocycles. The fraction of sp³-hybridized carbons (Fsp3) is 0.762. The largest absolute Gasteiger partial charge is 0.357 e. The van der Waals surface area contributed by atoms with Gasteiger partial charge < -0.3 is 15.2 Å². The van der Waals surface area contributed by atoms with Gasteiger partial charge in [-0.05, 0) is 58.3 Å². The minimum Gasteiger partial charge on any atom is -0.357 e. The van der Waals surface area contributed by atoms with Gasteiger partial charge in [0.1, 0.15) is 11.6 Å². The second-order valence-corrected chi connectivity index (χ2v) is 7.64. The zero-order valence-corrected chi connectivity index (χ0v) is 17.0. The van der Waals surface area contributed by atoms with E-state index in [1.807, 2.05) is 0 Å². The number of nitrogens with zero attached hydrogens (tertiary/aromatic N) is 4. The van der Waals surface area contributed by atoms with Crippen LogP contribution in [-0.4, -0.2) is 40.4 Å². The molecule has 1 aliphatic heterocycles. The van der Waals surface area contributed by atoms with Crippen LogP contribution in [0.2, 0.25) is 0 Å². The summed E-state index contributed by atoms with van der Waals surface area (Å²) in [5.41, 5.74) is 1.61. The summed E-state index contributed by atoms with van der Waals surface area (Å²) in [5, 5.41) is 15.7. The Hall–Kier alpha value is -1.85. The number of hydrogen-bond donors (Lipinski definition) is 2. The molecule has 2 aliphatic rings. The van der Waals surface area contributed by atoms with Crippen LogP contribution in [0.1, 0.15) is 76.4 Å². The topological polar surface area (TPSA) is 67.1 Å². The average Bonchev–Trinajstić information content (AvgIpc) is 2.92. The van der Waals surface area contributed by atoms with Crippen LogP contribution in [-0.2, 0) is 19.4 Å². The molecule has 2 N–H and O–H groups in total. The van der Waals surface area contributed by atoms with Gasteiger partial charge in [0.2, 0.25) is 0 Å². The number of allylic oxidation sites excluding steroid dienone is 1. The molecular weight excluding hydrogens is 336 g/mol. The van der Waals surface area contributed by atoms with E-state index >= 15 is 0 Å². The number of hydrogen-bond acceptors (Lipinski definition) is 3. The van der Waals surface area contributed by atoms with Crippen molar-refractivity contribution in [2.75, 3.05) is 19.6 Å². The zero-order valence-electron chi connectivity index (χ0n) is 17.0. The summed E-state index contributed by atoms with van der Waals surface area (Å²) in [5.74, 6) is 3.26. The Morgan fingerprint density at radius 3 is 2.85 bits per heavy atom. The van der Waals surface area contributed by atoms with Crippen LogP contribution in [0.4, 0.5) is 0 Å². The van der Waals surface area contributed by atoms with E-state index < -0.39 is 0 Å². The lowest BCUT2D eigenvalue weighted by Crippen LogP contribution is -2.38. The van der Waals surface area contributed by atoms with Crippen molar-refractivity contribution in [3.05, 3.63) is 23.3 Å². The predicted molar refractivity (Wildman–Crippen MR) is 111 cm³/mol. The zero-order chi connectivity index (χ0) is 18.7. The molecule has 0 unspecified atom stereocenters. The molecule has 0 aromatic carbocycles. The summed E-state index contributed by atoms with van der Waals surface area (Å²) in [4.78, 5) is 4.74. The number of aryl methyl sites for hydroxylation is 2. The molecule has 0 amide bonds. The van der Waals surface area contributed by atoms with Crippen LogP contribution in [0.25, 0.3) is 0 Å². The van der Waals surface area contributed by atoms with Gasteiger partial charge in [0.15, 0.2) is 5.96 Å². The highest BCUT2D eigenvalue weighted by Gasteiger charge is 2.14. The Kier molecular flexibility index (Phi) is 8.18. The van der Waals surface area contributed by atoms with Crippen molar-refractivity contribution in [2.45, 2.75) is 84.1 Å². The Labute approximate surface area is 163 Å². The van der Waals surface area contributed by atoms with E-state index in [1.54, 1.807) is 5.57 Å². The molecule has 0 atom stereocenters. The molecule has 0 saturated carbocycles. The van der Waals surface area contributed by atoms with Crippen LogP contribution in [0.5, 0.6) is 0 Å². The Bertz CT molecular complexity index is 631. The van der Waals surface area contributed by atoms with Crippen LogP contribution >= 0.6 is 0 Å². The number of aromatic nitrogens is 3. The minimum absolute atomic E-state index is 0.820. The third kappa shape index (κ3) is 6.36. The molecular formula is C21H36N6. The van der Waals surface area contributed by atoms with Crippen molar-refractivity contribution in [3.8, 4) is 0 Å². The lowest BCUT2D eigenvalue weighted by Gasteiger charge is -2.15. The van der Waals surface area contributed by atoms with Crippen molar-refractivity contribution in [1.82, 2.24) is 25.4 Å². The van der Waals surface area contributed by atoms with E-state index in [-0.39, 0.29) is 0 Å². The van der Waals surface area contributed by atoms with E-state index in [0.717, 1.165) is 63.6 Å². The normalized spacial score (nSPS) is 17.8. The molecule has 1 aromatic heterocycles. The summed E-state index contributed by atoms with van der Waals surface area (Å²) in [6.07, 6.45) is 15.7. The van der Waals surface area contributed by atoms with Gasteiger partial charge in [-0.2, -0.15) is 0 Å². The maximum atomic E-state index is 4.74. The second-order valence-electron chi connectivity index (χ2n) is 7.64. The van der Waals surface area contributed by atoms with E-state index in [9.17, 15) is 0 Å². The van der Waals surface area contributed by atoms with Gasteiger partial charge in [-0.25, -0.2) is 0 Å². The highest BCUT2D eigenvalue weighted by molar-refractivity contribution is 5.79. The lowest BCUT2D eigenvalue weighted by atomic mass is 9.97. The number of guanidine groups is 1. The van der Waals surface area contributed by atoms with Gasteiger partial charge >= 0.3 is 0 Å². The number of fused-ring (bicyclic) bond motifs is 1. The first-order valence-corrected chi connectivity index (χ1v) is 11.0. The van der Waals surface area contributed by atoms with Gasteiger partial charge in [0.25, 0.3) is 0 Å². The van der Waals surface area contributed by atoms with Crippen molar-refractivity contribution in [3.63, 3.8) is 0 Å². The van der Waals surface area contributed by atoms with Gasteiger partial charge in [-0.1, -0.05) is 18.1 Å². The number of aliphatic imine (C=N–C) groups is 1. The molecule has 150 valence electrons. The third-order valence-corrected chi connectivity index (χ3v) is 5.48. The maximum Gasteiger partial charge on any atom is 0.191 e. The van der Waals surface area contributed by atoms with Gasteiger partial charge in [0, 0.05) is 39.0 Å². The number of nitrogens with one attached hydrogen (secondary N) is 2. The van der Waals surface area contributed by atoms with Crippen LogP contribution in [0.15, 0.2) is 16.6 Å².